The third kappa shape index (κ3) is 6.88. The molecule has 2 aliphatic rings. The predicted octanol–water partition coefficient (Wildman–Crippen LogP) is 1.07. The fraction of sp³-hybridized carbons (Fsp3) is 0.600. The molecule has 1 aromatic rings. The van der Waals surface area contributed by atoms with E-state index in [0.717, 1.165) is 12.8 Å². The quantitative estimate of drug-likeness (QED) is 0.319. The van der Waals surface area contributed by atoms with Crippen LogP contribution in [0.2, 0.25) is 0 Å². The number of urea groups is 1. The second kappa shape index (κ2) is 9.49. The molecule has 0 aromatic heterocycles. The summed E-state index contributed by atoms with van der Waals surface area (Å²) in [4.78, 5) is 23.9. The molecular formula is C20H28FN3O6S. The van der Waals surface area contributed by atoms with E-state index in [0.29, 0.717) is 24.5 Å². The number of benzene rings is 1. The van der Waals surface area contributed by atoms with Crippen molar-refractivity contribution in [2.24, 2.45) is 5.92 Å². The highest BCUT2D eigenvalue weighted by atomic mass is 32.2. The van der Waals surface area contributed by atoms with Crippen LogP contribution in [-0.2, 0) is 20.4 Å². The summed E-state index contributed by atoms with van der Waals surface area (Å²) in [6.45, 7) is 1.84. The van der Waals surface area contributed by atoms with E-state index in [9.17, 15) is 27.5 Å². The topological polar surface area (TPSA) is 125 Å². The lowest BCUT2D eigenvalue weighted by Crippen LogP contribution is -2.39. The van der Waals surface area contributed by atoms with Crippen molar-refractivity contribution in [1.29, 1.82) is 0 Å². The maximum absolute atomic E-state index is 14.0. The van der Waals surface area contributed by atoms with Gasteiger partial charge in [0.1, 0.15) is 12.1 Å². The second-order valence-electron chi connectivity index (χ2n) is 8.30. The van der Waals surface area contributed by atoms with Crippen molar-refractivity contribution in [3.63, 3.8) is 0 Å². The van der Waals surface area contributed by atoms with Crippen molar-refractivity contribution in [3.8, 4) is 5.75 Å². The van der Waals surface area contributed by atoms with Crippen molar-refractivity contribution >= 4 is 22.0 Å². The predicted molar refractivity (Wildman–Crippen MR) is 110 cm³/mol. The lowest BCUT2D eigenvalue weighted by Gasteiger charge is -2.25. The highest BCUT2D eigenvalue weighted by molar-refractivity contribution is 7.89. The standard InChI is InChI=1S/C20H28FN3O6S/c1-20(27,15-6-7-16(21)17(10-15)30-12-14-4-5-14)13-22-31(28,29)9-3-2-8-24-11-18(25)23-19(24)26/h6-7,10,14,22,27H,2-5,8-9,11-13H2,1H3,(H,23,25,26)/t20-/m1/s1. The van der Waals surface area contributed by atoms with Gasteiger partial charge >= 0.3 is 6.03 Å². The van der Waals surface area contributed by atoms with Gasteiger partial charge in [0.25, 0.3) is 0 Å². The molecule has 1 saturated heterocycles. The third-order valence-electron chi connectivity index (χ3n) is 5.32. The Kier molecular flexibility index (Phi) is 7.17. The van der Waals surface area contributed by atoms with Gasteiger partial charge in [-0.2, -0.15) is 0 Å². The van der Waals surface area contributed by atoms with E-state index in [1.54, 1.807) is 0 Å². The molecule has 0 bridgehead atoms. The van der Waals surface area contributed by atoms with Gasteiger partial charge in [-0.3, -0.25) is 10.1 Å². The lowest BCUT2D eigenvalue weighted by molar-refractivity contribution is -0.118. The Labute approximate surface area is 181 Å². The van der Waals surface area contributed by atoms with Crippen LogP contribution in [-0.4, -0.2) is 62.4 Å². The normalized spacial score (nSPS) is 18.7. The monoisotopic (exact) mass is 457 g/mol. The minimum absolute atomic E-state index is 0.0171. The highest BCUT2D eigenvalue weighted by Gasteiger charge is 2.28. The van der Waals surface area contributed by atoms with E-state index < -0.39 is 27.5 Å². The molecule has 0 radical (unpaired) electrons. The molecule has 9 nitrogen and oxygen atoms in total. The van der Waals surface area contributed by atoms with E-state index in [4.69, 9.17) is 4.74 Å². The number of halogens is 1. The fourth-order valence-corrected chi connectivity index (χ4v) is 4.35. The maximum atomic E-state index is 14.0. The first-order valence-corrected chi connectivity index (χ1v) is 11.9. The van der Waals surface area contributed by atoms with Crippen LogP contribution >= 0.6 is 0 Å². The lowest BCUT2D eigenvalue weighted by atomic mass is 9.96. The number of ether oxygens (including phenoxy) is 1. The van der Waals surface area contributed by atoms with Crippen LogP contribution in [0.1, 0.15) is 38.2 Å². The summed E-state index contributed by atoms with van der Waals surface area (Å²) in [5.74, 6) is -0.615. The Morgan fingerprint density at radius 3 is 2.71 bits per heavy atom. The van der Waals surface area contributed by atoms with E-state index >= 15 is 0 Å². The van der Waals surface area contributed by atoms with Gasteiger partial charge < -0.3 is 14.7 Å². The molecule has 0 spiro atoms. The van der Waals surface area contributed by atoms with E-state index in [-0.39, 0.29) is 43.5 Å². The summed E-state index contributed by atoms with van der Waals surface area (Å²) < 4.78 is 46.4. The van der Waals surface area contributed by atoms with Gasteiger partial charge in [0.2, 0.25) is 15.9 Å². The molecule has 1 heterocycles. The van der Waals surface area contributed by atoms with Gasteiger partial charge in [-0.15, -0.1) is 0 Å². The fourth-order valence-electron chi connectivity index (χ4n) is 3.12. The first-order valence-electron chi connectivity index (χ1n) is 10.3. The van der Waals surface area contributed by atoms with Crippen LogP contribution in [0.4, 0.5) is 9.18 Å². The van der Waals surface area contributed by atoms with Gasteiger partial charge in [0, 0.05) is 13.1 Å². The van der Waals surface area contributed by atoms with Crippen molar-refractivity contribution in [2.75, 3.05) is 32.0 Å². The van der Waals surface area contributed by atoms with Gasteiger partial charge in [-0.25, -0.2) is 22.3 Å². The third-order valence-corrected chi connectivity index (χ3v) is 6.73. The largest absolute Gasteiger partial charge is 0.490 e. The SMILES string of the molecule is C[C@@](O)(CNS(=O)(=O)CCCCN1CC(=O)NC1=O)c1ccc(F)c(OCC2CC2)c1. The number of amides is 3. The molecule has 0 unspecified atom stereocenters. The molecule has 1 atom stereocenters. The number of hydrogen-bond donors (Lipinski definition) is 3. The number of sulfonamides is 1. The van der Waals surface area contributed by atoms with Crippen LogP contribution in [0.3, 0.4) is 0 Å². The highest BCUT2D eigenvalue weighted by Crippen LogP contribution is 2.31. The molecule has 1 aliphatic carbocycles. The minimum Gasteiger partial charge on any atom is -0.490 e. The number of carbonyl (C=O) groups is 2. The molecule has 172 valence electrons. The van der Waals surface area contributed by atoms with E-state index in [1.165, 1.54) is 30.0 Å². The summed E-state index contributed by atoms with van der Waals surface area (Å²) in [6, 6.07) is 3.52. The summed E-state index contributed by atoms with van der Waals surface area (Å²) in [5, 5.41) is 12.9. The summed E-state index contributed by atoms with van der Waals surface area (Å²) in [5.41, 5.74) is -1.22. The Morgan fingerprint density at radius 1 is 1.32 bits per heavy atom. The van der Waals surface area contributed by atoms with Gasteiger partial charge in [-0.1, -0.05) is 6.07 Å². The number of nitrogens with one attached hydrogen (secondary N) is 2. The Bertz CT molecular complexity index is 933. The molecule has 2 fully saturated rings. The van der Waals surface area contributed by atoms with Crippen LogP contribution in [0, 0.1) is 11.7 Å². The summed E-state index contributed by atoms with van der Waals surface area (Å²) >= 11 is 0. The minimum atomic E-state index is -3.68. The van der Waals surface area contributed by atoms with Crippen LogP contribution < -0.4 is 14.8 Å². The van der Waals surface area contributed by atoms with Gasteiger partial charge in [0.05, 0.1) is 12.4 Å². The average Bonchev–Trinajstić information content (AvgIpc) is 3.47. The molecule has 3 amide bonds. The second-order valence-corrected chi connectivity index (χ2v) is 10.2. The molecule has 31 heavy (non-hydrogen) atoms. The van der Waals surface area contributed by atoms with E-state index in [1.807, 2.05) is 0 Å². The van der Waals surface area contributed by atoms with Crippen molar-refractivity contribution in [1.82, 2.24) is 14.9 Å². The van der Waals surface area contributed by atoms with Crippen LogP contribution in [0.15, 0.2) is 18.2 Å². The number of rotatable bonds is 12. The Morgan fingerprint density at radius 2 is 2.06 bits per heavy atom. The molecule has 1 aromatic carbocycles. The van der Waals surface area contributed by atoms with Crippen molar-refractivity contribution in [2.45, 2.75) is 38.2 Å². The Hall–Kier alpha value is -2.24. The van der Waals surface area contributed by atoms with Gasteiger partial charge in [0.15, 0.2) is 11.6 Å². The molecule has 1 saturated carbocycles. The number of aliphatic hydroxyl groups is 1. The zero-order valence-electron chi connectivity index (χ0n) is 17.4. The zero-order chi connectivity index (χ0) is 22.6. The first kappa shape index (κ1) is 23.4. The Balaban J connectivity index is 1.47. The maximum Gasteiger partial charge on any atom is 0.324 e. The van der Waals surface area contributed by atoms with Crippen molar-refractivity contribution in [3.05, 3.63) is 29.6 Å². The first-order chi connectivity index (χ1) is 14.6. The number of nitrogens with zero attached hydrogens (tertiary/aromatic N) is 1. The number of carbonyl (C=O) groups excluding carboxylic acids is 2. The molecule has 3 rings (SSSR count). The number of unbranched alkanes of at least 4 members (excludes halogenated alkanes) is 1. The van der Waals surface area contributed by atoms with Crippen molar-refractivity contribution < 1.29 is 32.2 Å². The van der Waals surface area contributed by atoms with Crippen LogP contribution in [0.5, 0.6) is 5.75 Å². The zero-order valence-corrected chi connectivity index (χ0v) is 18.2. The van der Waals surface area contributed by atoms with E-state index in [2.05, 4.69) is 10.0 Å². The number of hydrogen-bond acceptors (Lipinski definition) is 6. The molecule has 11 heteroatoms. The van der Waals surface area contributed by atoms with Gasteiger partial charge in [-0.05, 0) is 56.2 Å². The summed E-state index contributed by atoms with van der Waals surface area (Å²) in [7, 11) is -3.68. The smallest absolute Gasteiger partial charge is 0.324 e. The molecule has 1 aliphatic heterocycles. The number of imide groups is 1. The summed E-state index contributed by atoms with van der Waals surface area (Å²) in [6.07, 6.45) is 2.82. The van der Waals surface area contributed by atoms with Crippen LogP contribution in [0.25, 0.3) is 0 Å². The molecule has 3 N–H and O–H groups in total. The molecular weight excluding hydrogens is 429 g/mol. The average molecular weight is 458 g/mol.